The number of phenols is 1. The number of ether oxygens (including phenoxy) is 1. The number of phenolic OH excluding ortho intramolecular Hbond substituents is 1. The number of allylic oxidation sites excluding steroid dienone is 1. The van der Waals surface area contributed by atoms with E-state index < -0.39 is 6.04 Å². The van der Waals surface area contributed by atoms with Crippen molar-refractivity contribution in [2.45, 2.75) is 19.5 Å². The van der Waals surface area contributed by atoms with Gasteiger partial charge in [0, 0.05) is 22.2 Å². The molecule has 0 radical (unpaired) electrons. The monoisotopic (exact) mass is 434 g/mol. The van der Waals surface area contributed by atoms with Crippen LogP contribution >= 0.6 is 11.3 Å². The summed E-state index contributed by atoms with van der Waals surface area (Å²) in [6.45, 7) is 5.96. The van der Waals surface area contributed by atoms with Crippen LogP contribution in [0.1, 0.15) is 29.1 Å². The fourth-order valence-corrected chi connectivity index (χ4v) is 4.51. The van der Waals surface area contributed by atoms with E-state index in [0.29, 0.717) is 12.3 Å². The summed E-state index contributed by atoms with van der Waals surface area (Å²) in [4.78, 5) is 20.9. The summed E-state index contributed by atoms with van der Waals surface area (Å²) >= 11 is 1.50. The molecule has 3 aromatic rings. The quantitative estimate of drug-likeness (QED) is 0.498. The van der Waals surface area contributed by atoms with E-state index in [4.69, 9.17) is 9.72 Å². The molecule has 0 saturated heterocycles. The van der Waals surface area contributed by atoms with Crippen molar-refractivity contribution in [1.29, 1.82) is 0 Å². The molecule has 158 valence electrons. The molecule has 1 aromatic heterocycles. The van der Waals surface area contributed by atoms with E-state index in [0.717, 1.165) is 38.7 Å². The minimum atomic E-state index is -0.453. The van der Waals surface area contributed by atoms with Crippen LogP contribution in [0, 0.1) is 0 Å². The number of benzene rings is 2. The highest BCUT2D eigenvalue weighted by atomic mass is 32.1. The SMILES string of the molecule is C=NCc1ccc(-c2csc(C3=C(C)NC(=O)NC3c3ccc(OC)c(O)c3)n2)cc1. The highest BCUT2D eigenvalue weighted by molar-refractivity contribution is 7.11. The number of aromatic nitrogens is 1. The molecule has 31 heavy (non-hydrogen) atoms. The smallest absolute Gasteiger partial charge is 0.319 e. The molecule has 8 heteroatoms. The van der Waals surface area contributed by atoms with Crippen molar-refractivity contribution in [2.75, 3.05) is 7.11 Å². The van der Waals surface area contributed by atoms with Crippen LogP contribution in [0.25, 0.3) is 16.8 Å². The second kappa shape index (κ2) is 8.61. The van der Waals surface area contributed by atoms with Crippen molar-refractivity contribution in [1.82, 2.24) is 15.6 Å². The van der Waals surface area contributed by atoms with Crippen LogP contribution in [0.2, 0.25) is 0 Å². The first-order valence-electron chi connectivity index (χ1n) is 9.63. The largest absolute Gasteiger partial charge is 0.504 e. The lowest BCUT2D eigenvalue weighted by atomic mass is 9.95. The van der Waals surface area contributed by atoms with Gasteiger partial charge in [0.05, 0.1) is 25.4 Å². The predicted octanol–water partition coefficient (Wildman–Crippen LogP) is 4.51. The van der Waals surface area contributed by atoms with E-state index in [1.165, 1.54) is 18.4 Å². The van der Waals surface area contributed by atoms with E-state index in [1.54, 1.807) is 12.1 Å². The Kier molecular flexibility index (Phi) is 5.73. The maximum Gasteiger partial charge on any atom is 0.319 e. The molecular weight excluding hydrogens is 412 g/mol. The number of nitrogens with zero attached hydrogens (tertiary/aromatic N) is 2. The third-order valence-corrected chi connectivity index (χ3v) is 5.96. The number of methoxy groups -OCH3 is 1. The summed E-state index contributed by atoms with van der Waals surface area (Å²) in [5.41, 5.74) is 5.25. The van der Waals surface area contributed by atoms with Gasteiger partial charge in [-0.3, -0.25) is 4.99 Å². The Bertz CT molecular complexity index is 1170. The Labute approximate surface area is 184 Å². The molecule has 2 amide bonds. The minimum absolute atomic E-state index is 0.0127. The first-order chi connectivity index (χ1) is 15.0. The van der Waals surface area contributed by atoms with Crippen LogP contribution in [0.15, 0.2) is 58.5 Å². The van der Waals surface area contributed by atoms with Crippen molar-refractivity contribution in [3.8, 4) is 22.8 Å². The van der Waals surface area contributed by atoms with Gasteiger partial charge in [-0.2, -0.15) is 0 Å². The first kappa shape index (κ1) is 20.6. The van der Waals surface area contributed by atoms with E-state index in [2.05, 4.69) is 22.3 Å². The van der Waals surface area contributed by atoms with Gasteiger partial charge < -0.3 is 20.5 Å². The van der Waals surface area contributed by atoms with Gasteiger partial charge in [-0.25, -0.2) is 9.78 Å². The fourth-order valence-electron chi connectivity index (χ4n) is 3.55. The summed E-state index contributed by atoms with van der Waals surface area (Å²) in [5, 5.41) is 18.8. The minimum Gasteiger partial charge on any atom is -0.504 e. The molecule has 0 fully saturated rings. The van der Waals surface area contributed by atoms with Crippen molar-refractivity contribution in [2.24, 2.45) is 4.99 Å². The molecule has 1 aliphatic rings. The maximum atomic E-state index is 12.2. The predicted molar refractivity (Wildman–Crippen MR) is 122 cm³/mol. The summed E-state index contributed by atoms with van der Waals surface area (Å²) in [7, 11) is 1.49. The van der Waals surface area contributed by atoms with Crippen LogP contribution in [0.3, 0.4) is 0 Å². The van der Waals surface area contributed by atoms with Crippen LogP contribution < -0.4 is 15.4 Å². The molecule has 7 nitrogen and oxygen atoms in total. The highest BCUT2D eigenvalue weighted by Gasteiger charge is 2.30. The van der Waals surface area contributed by atoms with E-state index in [9.17, 15) is 9.90 Å². The maximum absolute atomic E-state index is 12.2. The molecule has 2 heterocycles. The molecule has 2 aromatic carbocycles. The van der Waals surface area contributed by atoms with Gasteiger partial charge >= 0.3 is 6.03 Å². The average Bonchev–Trinajstić information content (AvgIpc) is 3.23. The van der Waals surface area contributed by atoms with Gasteiger partial charge in [-0.1, -0.05) is 30.3 Å². The standard InChI is InChI=1S/C23H22N4O3S/c1-13-20(21(27-23(29)25-13)16-8-9-19(30-3)18(28)10-16)22-26-17(12-31-22)15-6-4-14(5-7-15)11-24-2/h4-10,12,21,28H,2,11H2,1,3H3,(H2,25,27,29). The highest BCUT2D eigenvalue weighted by Crippen LogP contribution is 2.39. The lowest BCUT2D eigenvalue weighted by Crippen LogP contribution is -2.42. The Balaban J connectivity index is 1.71. The summed E-state index contributed by atoms with van der Waals surface area (Å²) in [6.07, 6.45) is 0. The number of rotatable bonds is 6. The number of aliphatic imine (C=N–C) groups is 1. The summed E-state index contributed by atoms with van der Waals surface area (Å²) < 4.78 is 5.14. The van der Waals surface area contributed by atoms with E-state index in [1.807, 2.05) is 42.6 Å². The number of amides is 2. The van der Waals surface area contributed by atoms with Gasteiger partial charge in [-0.15, -0.1) is 11.3 Å². The number of nitrogens with one attached hydrogen (secondary N) is 2. The van der Waals surface area contributed by atoms with Crippen LogP contribution in [-0.4, -0.2) is 29.9 Å². The van der Waals surface area contributed by atoms with Crippen LogP contribution in [0.5, 0.6) is 11.5 Å². The Morgan fingerprint density at radius 2 is 2.03 bits per heavy atom. The van der Waals surface area contributed by atoms with E-state index in [-0.39, 0.29) is 11.8 Å². The van der Waals surface area contributed by atoms with Crippen LogP contribution in [0.4, 0.5) is 4.79 Å². The number of urea groups is 1. The van der Waals surface area contributed by atoms with Crippen molar-refractivity contribution < 1.29 is 14.6 Å². The topological polar surface area (TPSA) is 95.8 Å². The second-order valence-electron chi connectivity index (χ2n) is 7.12. The van der Waals surface area contributed by atoms with Gasteiger partial charge in [0.1, 0.15) is 5.01 Å². The number of carbonyl (C=O) groups is 1. The molecule has 0 spiro atoms. The zero-order chi connectivity index (χ0) is 22.0. The lowest BCUT2D eigenvalue weighted by molar-refractivity contribution is 0.240. The number of hydrogen-bond donors (Lipinski definition) is 3. The summed E-state index contributed by atoms with van der Waals surface area (Å²) in [6, 6.07) is 12.4. The van der Waals surface area contributed by atoms with Crippen LogP contribution in [-0.2, 0) is 6.54 Å². The average molecular weight is 435 g/mol. The normalized spacial score (nSPS) is 15.9. The van der Waals surface area contributed by atoms with Gasteiger partial charge in [0.25, 0.3) is 0 Å². The Hall–Kier alpha value is -3.65. The van der Waals surface area contributed by atoms with Gasteiger partial charge in [-0.05, 0) is 36.9 Å². The number of thiazole rings is 1. The van der Waals surface area contributed by atoms with Crippen molar-refractivity contribution >= 4 is 29.7 Å². The second-order valence-corrected chi connectivity index (χ2v) is 7.98. The molecular formula is C23H22N4O3S. The third kappa shape index (κ3) is 4.15. The third-order valence-electron chi connectivity index (χ3n) is 5.08. The fraction of sp³-hybridized carbons (Fsp3) is 0.174. The van der Waals surface area contributed by atoms with Gasteiger partial charge in [0.2, 0.25) is 0 Å². The zero-order valence-corrected chi connectivity index (χ0v) is 18.0. The first-order valence-corrected chi connectivity index (χ1v) is 10.5. The number of aromatic hydroxyl groups is 1. The van der Waals surface area contributed by atoms with Crippen molar-refractivity contribution in [3.63, 3.8) is 0 Å². The zero-order valence-electron chi connectivity index (χ0n) is 17.2. The number of carbonyl (C=O) groups excluding carboxylic acids is 1. The molecule has 4 rings (SSSR count). The molecule has 0 saturated carbocycles. The Morgan fingerprint density at radius 3 is 2.71 bits per heavy atom. The molecule has 1 atom stereocenters. The molecule has 0 bridgehead atoms. The van der Waals surface area contributed by atoms with Crippen molar-refractivity contribution in [3.05, 3.63) is 69.7 Å². The molecule has 1 aliphatic heterocycles. The van der Waals surface area contributed by atoms with E-state index >= 15 is 0 Å². The number of hydrogen-bond acceptors (Lipinski definition) is 6. The molecule has 0 aliphatic carbocycles. The lowest BCUT2D eigenvalue weighted by Gasteiger charge is -2.28. The molecule has 3 N–H and O–H groups in total. The Morgan fingerprint density at radius 1 is 1.26 bits per heavy atom. The molecule has 1 unspecified atom stereocenters. The summed E-state index contributed by atoms with van der Waals surface area (Å²) in [5.74, 6) is 0.386. The van der Waals surface area contributed by atoms with Gasteiger partial charge in [0.15, 0.2) is 11.5 Å².